The Morgan fingerprint density at radius 1 is 1.48 bits per heavy atom. The topological polar surface area (TPSA) is 84.3 Å². The molecule has 21 heavy (non-hydrogen) atoms. The van der Waals surface area contributed by atoms with Crippen LogP contribution in [0.5, 0.6) is 5.75 Å². The fourth-order valence-corrected chi connectivity index (χ4v) is 3.37. The van der Waals surface area contributed by atoms with E-state index in [-0.39, 0.29) is 5.69 Å². The molecule has 3 aromatic heterocycles. The number of H-pyrrole nitrogens is 1. The summed E-state index contributed by atoms with van der Waals surface area (Å²) in [6.45, 7) is 0. The first-order chi connectivity index (χ1) is 10.0. The van der Waals surface area contributed by atoms with Crippen LogP contribution in [0.25, 0.3) is 21.6 Å². The van der Waals surface area contributed by atoms with Crippen molar-refractivity contribution < 1.29 is 19.4 Å². The number of hydrogen-bond acceptors (Lipinski definition) is 4. The van der Waals surface area contributed by atoms with E-state index in [4.69, 9.17) is 16.3 Å². The number of carbonyl (C=O) groups excluding carboxylic acids is 1. The van der Waals surface area contributed by atoms with Crippen LogP contribution < -0.4 is 4.74 Å². The molecule has 0 fully saturated rings. The molecule has 0 atom stereocenters. The van der Waals surface area contributed by atoms with Gasteiger partial charge in [0.15, 0.2) is 6.29 Å². The summed E-state index contributed by atoms with van der Waals surface area (Å²) < 4.78 is 7.46. The molecule has 3 rings (SSSR count). The summed E-state index contributed by atoms with van der Waals surface area (Å²) >= 11 is 7.20. The Morgan fingerprint density at radius 2 is 2.24 bits per heavy atom. The Kier molecular flexibility index (Phi) is 3.23. The average Bonchev–Trinajstić information content (AvgIpc) is 3.07. The quantitative estimate of drug-likeness (QED) is 0.719. The van der Waals surface area contributed by atoms with Gasteiger partial charge in [-0.25, -0.2) is 9.36 Å². The van der Waals surface area contributed by atoms with Crippen molar-refractivity contribution in [2.45, 2.75) is 0 Å². The second-order valence-corrected chi connectivity index (χ2v) is 5.95. The number of methoxy groups -OCH3 is 1. The van der Waals surface area contributed by atoms with E-state index in [1.807, 2.05) is 0 Å². The number of aldehydes is 1. The maximum Gasteiger partial charge on any atom is 0.416 e. The molecule has 0 amide bonds. The summed E-state index contributed by atoms with van der Waals surface area (Å²) in [6.07, 6.45) is -0.508. The molecule has 3 aromatic rings. The molecule has 0 aliphatic carbocycles. The number of aromatic nitrogens is 2. The van der Waals surface area contributed by atoms with E-state index in [2.05, 4.69) is 4.98 Å². The lowest BCUT2D eigenvalue weighted by atomic mass is 10.3. The predicted molar refractivity (Wildman–Crippen MR) is 80.0 cm³/mol. The number of carboxylic acid groups (broad SMARTS) is 1. The monoisotopic (exact) mass is 324 g/mol. The smallest absolute Gasteiger partial charge is 0.416 e. The number of thiophene rings is 1. The van der Waals surface area contributed by atoms with E-state index >= 15 is 0 Å². The minimum absolute atomic E-state index is 0.257. The fraction of sp³-hybridized carbons (Fsp3) is 0.0769. The maximum absolute atomic E-state index is 11.5. The van der Waals surface area contributed by atoms with E-state index in [1.165, 1.54) is 18.4 Å². The molecule has 0 radical (unpaired) electrons. The standard InChI is InChI=1S/C13H9ClN2O4S/c1-20-10-2-6(15-7(10)5-17)8-3-11-9(4-12(14)21-11)16(8)13(18)19/h2-5,15H,1H3,(H,18,19). The molecule has 0 bridgehead atoms. The number of ether oxygens (including phenoxy) is 1. The van der Waals surface area contributed by atoms with Gasteiger partial charge in [-0.2, -0.15) is 0 Å². The molecule has 6 nitrogen and oxygen atoms in total. The van der Waals surface area contributed by atoms with Crippen molar-refractivity contribution in [1.29, 1.82) is 0 Å². The summed E-state index contributed by atoms with van der Waals surface area (Å²) in [5.41, 5.74) is 1.67. The van der Waals surface area contributed by atoms with Gasteiger partial charge in [0.2, 0.25) is 0 Å². The van der Waals surface area contributed by atoms with Crippen LogP contribution in [-0.2, 0) is 0 Å². The van der Waals surface area contributed by atoms with E-state index in [0.717, 1.165) is 9.27 Å². The third kappa shape index (κ3) is 2.10. The van der Waals surface area contributed by atoms with E-state index < -0.39 is 6.09 Å². The number of aromatic amines is 1. The molecule has 8 heteroatoms. The lowest BCUT2D eigenvalue weighted by molar-refractivity contribution is 0.111. The highest BCUT2D eigenvalue weighted by atomic mass is 35.5. The van der Waals surface area contributed by atoms with Gasteiger partial charge in [-0.05, 0) is 12.1 Å². The van der Waals surface area contributed by atoms with Crippen molar-refractivity contribution in [2.24, 2.45) is 0 Å². The number of carbonyl (C=O) groups is 2. The lowest BCUT2D eigenvalue weighted by Gasteiger charge is -2.02. The van der Waals surface area contributed by atoms with Gasteiger partial charge in [-0.15, -0.1) is 11.3 Å². The molecule has 0 spiro atoms. The zero-order valence-corrected chi connectivity index (χ0v) is 12.3. The minimum Gasteiger partial charge on any atom is -0.494 e. The van der Waals surface area contributed by atoms with Crippen LogP contribution in [-0.4, -0.2) is 34.1 Å². The van der Waals surface area contributed by atoms with Crippen molar-refractivity contribution in [3.8, 4) is 17.1 Å². The molecule has 2 N–H and O–H groups in total. The van der Waals surface area contributed by atoms with E-state index in [1.54, 1.807) is 18.2 Å². The Morgan fingerprint density at radius 3 is 2.81 bits per heavy atom. The van der Waals surface area contributed by atoms with Crippen LogP contribution in [0.15, 0.2) is 18.2 Å². The second-order valence-electron chi connectivity index (χ2n) is 4.23. The van der Waals surface area contributed by atoms with Crippen molar-refractivity contribution in [3.05, 3.63) is 28.2 Å². The highest BCUT2D eigenvalue weighted by Crippen LogP contribution is 2.36. The highest BCUT2D eigenvalue weighted by Gasteiger charge is 2.20. The summed E-state index contributed by atoms with van der Waals surface area (Å²) in [5.74, 6) is 0.361. The first-order valence-electron chi connectivity index (χ1n) is 5.81. The van der Waals surface area contributed by atoms with Gasteiger partial charge in [0.25, 0.3) is 0 Å². The van der Waals surface area contributed by atoms with Gasteiger partial charge >= 0.3 is 6.09 Å². The maximum atomic E-state index is 11.5. The molecule has 0 saturated carbocycles. The zero-order chi connectivity index (χ0) is 15.1. The number of nitrogens with one attached hydrogen (secondary N) is 1. The molecule has 0 aromatic carbocycles. The molecular weight excluding hydrogens is 316 g/mol. The summed E-state index contributed by atoms with van der Waals surface area (Å²) in [6, 6.07) is 4.89. The first-order valence-corrected chi connectivity index (χ1v) is 7.01. The average molecular weight is 325 g/mol. The Bertz CT molecular complexity index is 861. The SMILES string of the molecule is COc1cc(-c2cc3sc(Cl)cc3n2C(=O)O)[nH]c1C=O. The van der Waals surface area contributed by atoms with Crippen molar-refractivity contribution in [1.82, 2.24) is 9.55 Å². The number of fused-ring (bicyclic) bond motifs is 1. The van der Waals surface area contributed by atoms with Crippen molar-refractivity contribution >= 4 is 45.5 Å². The van der Waals surface area contributed by atoms with Crippen LogP contribution >= 0.6 is 22.9 Å². The third-order valence-corrected chi connectivity index (χ3v) is 4.28. The van der Waals surface area contributed by atoms with E-state index in [9.17, 15) is 14.7 Å². The molecule has 0 unspecified atom stereocenters. The molecule has 108 valence electrons. The van der Waals surface area contributed by atoms with Gasteiger partial charge in [0.05, 0.1) is 33.1 Å². The van der Waals surface area contributed by atoms with Crippen LogP contribution in [0.1, 0.15) is 10.5 Å². The summed E-state index contributed by atoms with van der Waals surface area (Å²) in [7, 11) is 1.44. The summed E-state index contributed by atoms with van der Waals surface area (Å²) in [4.78, 5) is 25.3. The number of halogens is 1. The Hall–Kier alpha value is -2.25. The van der Waals surface area contributed by atoms with Gasteiger partial charge in [0.1, 0.15) is 11.4 Å². The Balaban J connectivity index is 2.26. The molecule has 0 aliphatic rings. The highest BCUT2D eigenvalue weighted by molar-refractivity contribution is 7.22. The van der Waals surface area contributed by atoms with Crippen LogP contribution in [0.3, 0.4) is 0 Å². The van der Waals surface area contributed by atoms with E-state index in [0.29, 0.717) is 33.3 Å². The number of hydrogen-bond donors (Lipinski definition) is 2. The van der Waals surface area contributed by atoms with Crippen molar-refractivity contribution in [3.63, 3.8) is 0 Å². The fourth-order valence-electron chi connectivity index (χ4n) is 2.21. The second kappa shape index (κ2) is 4.94. The van der Waals surface area contributed by atoms with Crippen LogP contribution in [0.4, 0.5) is 4.79 Å². The number of nitrogens with zero attached hydrogens (tertiary/aromatic N) is 1. The Labute approximate surface area is 127 Å². The normalized spacial score (nSPS) is 11.0. The lowest BCUT2D eigenvalue weighted by Crippen LogP contribution is -2.08. The number of rotatable bonds is 3. The van der Waals surface area contributed by atoms with Gasteiger partial charge < -0.3 is 14.8 Å². The van der Waals surface area contributed by atoms with Gasteiger partial charge in [-0.3, -0.25) is 4.79 Å². The first kappa shape index (κ1) is 13.7. The van der Waals surface area contributed by atoms with Crippen molar-refractivity contribution in [2.75, 3.05) is 7.11 Å². The molecule has 0 saturated heterocycles. The third-order valence-electron chi connectivity index (χ3n) is 3.07. The van der Waals surface area contributed by atoms with Crippen LogP contribution in [0.2, 0.25) is 4.34 Å². The predicted octanol–water partition coefficient (Wildman–Crippen LogP) is 3.70. The minimum atomic E-state index is -1.13. The van der Waals surface area contributed by atoms with Crippen LogP contribution in [0, 0.1) is 0 Å². The zero-order valence-electron chi connectivity index (χ0n) is 10.7. The summed E-state index contributed by atoms with van der Waals surface area (Å²) in [5, 5.41) is 9.42. The largest absolute Gasteiger partial charge is 0.494 e. The molecule has 0 aliphatic heterocycles. The van der Waals surface area contributed by atoms with Gasteiger partial charge in [-0.1, -0.05) is 11.6 Å². The van der Waals surface area contributed by atoms with Gasteiger partial charge in [0, 0.05) is 6.07 Å². The molecule has 3 heterocycles. The molecular formula is C13H9ClN2O4S.